The molecule has 1 N–H and O–H groups in total. The zero-order valence-corrected chi connectivity index (χ0v) is 7.91. The average molecular weight is 207 g/mol. The predicted octanol–water partition coefficient (Wildman–Crippen LogP) is 2.25. The van der Waals surface area contributed by atoms with Gasteiger partial charge in [0, 0.05) is 12.7 Å². The van der Waals surface area contributed by atoms with Crippen LogP contribution < -0.4 is 0 Å². The lowest BCUT2D eigenvalue weighted by Gasteiger charge is -1.92. The van der Waals surface area contributed by atoms with Crippen molar-refractivity contribution in [2.45, 2.75) is 6.61 Å². The van der Waals surface area contributed by atoms with Crippen LogP contribution in [0.4, 0.5) is 0 Å². The summed E-state index contributed by atoms with van der Waals surface area (Å²) in [5, 5.41) is 8.60. The van der Waals surface area contributed by atoms with Gasteiger partial charge in [0.15, 0.2) is 0 Å². The molecule has 66 valence electrons. The summed E-state index contributed by atoms with van der Waals surface area (Å²) >= 11 is 6.79. The van der Waals surface area contributed by atoms with E-state index in [0.717, 1.165) is 16.9 Å². The Morgan fingerprint density at radius 2 is 2.50 bits per heavy atom. The van der Waals surface area contributed by atoms with Gasteiger partial charge in [0.05, 0.1) is 10.9 Å². The van der Waals surface area contributed by atoms with E-state index >= 15 is 0 Å². The summed E-state index contributed by atoms with van der Waals surface area (Å²) in [7, 11) is 1.54. The first-order valence-corrected chi connectivity index (χ1v) is 4.35. The highest BCUT2D eigenvalue weighted by atomic mass is 35.5. The predicted molar refractivity (Wildman–Crippen MR) is 47.0 cm³/mol. The molecule has 0 fully saturated rings. The molecule has 0 aliphatic carbocycles. The van der Waals surface area contributed by atoms with Crippen molar-refractivity contribution in [3.05, 3.63) is 20.8 Å². The summed E-state index contributed by atoms with van der Waals surface area (Å²) < 4.78 is 5.31. The standard InChI is InChI=1S/C7H7ClO3S/c1-11-3-4-2-5(7(9)10)12-6(4)8/h2H,3H2,1H3,(H,9,10). The smallest absolute Gasteiger partial charge is 0.345 e. The van der Waals surface area contributed by atoms with Gasteiger partial charge in [-0.25, -0.2) is 4.79 Å². The third-order valence-corrected chi connectivity index (χ3v) is 2.70. The molecule has 0 aliphatic heterocycles. The molecule has 5 heteroatoms. The largest absolute Gasteiger partial charge is 0.477 e. The number of hydrogen-bond acceptors (Lipinski definition) is 3. The Bertz CT molecular complexity index is 295. The number of hydrogen-bond donors (Lipinski definition) is 1. The highest BCUT2D eigenvalue weighted by molar-refractivity contribution is 7.18. The third kappa shape index (κ3) is 1.97. The molecule has 0 bridgehead atoms. The Hall–Kier alpha value is -0.580. The third-order valence-electron chi connectivity index (χ3n) is 1.27. The Morgan fingerprint density at radius 1 is 1.83 bits per heavy atom. The molecule has 0 spiro atoms. The van der Waals surface area contributed by atoms with Crippen LogP contribution in [0, 0.1) is 0 Å². The van der Waals surface area contributed by atoms with Crippen LogP contribution in [-0.4, -0.2) is 18.2 Å². The maximum atomic E-state index is 10.5. The second-order valence-electron chi connectivity index (χ2n) is 2.15. The minimum absolute atomic E-state index is 0.243. The van der Waals surface area contributed by atoms with Gasteiger partial charge < -0.3 is 9.84 Å². The number of methoxy groups -OCH3 is 1. The van der Waals surface area contributed by atoms with E-state index in [0.29, 0.717) is 10.9 Å². The van der Waals surface area contributed by atoms with E-state index in [2.05, 4.69) is 0 Å². The number of rotatable bonds is 3. The molecule has 0 radical (unpaired) electrons. The number of carboxylic acid groups (broad SMARTS) is 1. The van der Waals surface area contributed by atoms with Crippen LogP contribution in [0.15, 0.2) is 6.07 Å². The average Bonchev–Trinajstić information content (AvgIpc) is 2.34. The van der Waals surface area contributed by atoms with Crippen molar-refractivity contribution in [1.82, 2.24) is 0 Å². The van der Waals surface area contributed by atoms with Gasteiger partial charge in [0.1, 0.15) is 4.88 Å². The Balaban J connectivity index is 2.92. The minimum Gasteiger partial charge on any atom is -0.477 e. The van der Waals surface area contributed by atoms with Gasteiger partial charge in [-0.2, -0.15) is 0 Å². The van der Waals surface area contributed by atoms with E-state index in [1.807, 2.05) is 0 Å². The second kappa shape index (κ2) is 3.89. The number of ether oxygens (including phenoxy) is 1. The Kier molecular flexibility index (Phi) is 3.08. The molecule has 0 saturated heterocycles. The molecule has 1 heterocycles. The molecule has 0 unspecified atom stereocenters. The van der Waals surface area contributed by atoms with Crippen LogP contribution in [0.25, 0.3) is 0 Å². The number of thiophene rings is 1. The van der Waals surface area contributed by atoms with Crippen molar-refractivity contribution >= 4 is 28.9 Å². The first-order chi connectivity index (χ1) is 5.65. The summed E-state index contributed by atoms with van der Waals surface area (Å²) in [6.45, 7) is 0.350. The zero-order valence-electron chi connectivity index (χ0n) is 6.33. The quantitative estimate of drug-likeness (QED) is 0.825. The van der Waals surface area contributed by atoms with Crippen LogP contribution in [0.3, 0.4) is 0 Å². The highest BCUT2D eigenvalue weighted by Crippen LogP contribution is 2.27. The molecule has 12 heavy (non-hydrogen) atoms. The number of carbonyl (C=O) groups is 1. The molecule has 0 aromatic carbocycles. The Labute approximate surface area is 78.5 Å². The molecule has 3 nitrogen and oxygen atoms in total. The van der Waals surface area contributed by atoms with Crippen molar-refractivity contribution in [1.29, 1.82) is 0 Å². The number of halogens is 1. The van der Waals surface area contributed by atoms with Gasteiger partial charge >= 0.3 is 5.97 Å². The van der Waals surface area contributed by atoms with Crippen molar-refractivity contribution in [3.63, 3.8) is 0 Å². The maximum Gasteiger partial charge on any atom is 0.345 e. The minimum atomic E-state index is -0.954. The van der Waals surface area contributed by atoms with Crippen molar-refractivity contribution in [3.8, 4) is 0 Å². The van der Waals surface area contributed by atoms with Crippen LogP contribution >= 0.6 is 22.9 Å². The van der Waals surface area contributed by atoms with E-state index < -0.39 is 5.97 Å². The highest BCUT2D eigenvalue weighted by Gasteiger charge is 2.11. The molecule has 0 atom stereocenters. The first kappa shape index (κ1) is 9.51. The number of aromatic carboxylic acids is 1. The normalized spacial score (nSPS) is 10.2. The van der Waals surface area contributed by atoms with Gasteiger partial charge in [-0.05, 0) is 6.07 Å². The van der Waals surface area contributed by atoms with Gasteiger partial charge in [0.25, 0.3) is 0 Å². The fourth-order valence-corrected chi connectivity index (χ4v) is 1.85. The molecule has 0 saturated carbocycles. The molecule has 1 aromatic rings. The maximum absolute atomic E-state index is 10.5. The SMILES string of the molecule is COCc1cc(C(=O)O)sc1Cl. The monoisotopic (exact) mass is 206 g/mol. The lowest BCUT2D eigenvalue weighted by atomic mass is 10.3. The fraction of sp³-hybridized carbons (Fsp3) is 0.286. The Morgan fingerprint density at radius 3 is 2.92 bits per heavy atom. The van der Waals surface area contributed by atoms with E-state index in [4.69, 9.17) is 21.4 Å². The molecule has 0 aliphatic rings. The second-order valence-corrected chi connectivity index (χ2v) is 3.80. The van der Waals surface area contributed by atoms with Crippen LogP contribution in [0.2, 0.25) is 4.34 Å². The van der Waals surface area contributed by atoms with Gasteiger partial charge in [-0.3, -0.25) is 0 Å². The summed E-state index contributed by atoms with van der Waals surface area (Å²) in [5.74, 6) is -0.954. The van der Waals surface area contributed by atoms with E-state index in [9.17, 15) is 4.79 Å². The molecular formula is C7H7ClO3S. The van der Waals surface area contributed by atoms with Crippen molar-refractivity contribution in [2.24, 2.45) is 0 Å². The summed E-state index contributed by atoms with van der Waals surface area (Å²) in [4.78, 5) is 10.7. The lowest BCUT2D eigenvalue weighted by molar-refractivity contribution is 0.0702. The summed E-state index contributed by atoms with van der Waals surface area (Å²) in [6, 6.07) is 1.53. The lowest BCUT2D eigenvalue weighted by Crippen LogP contribution is -1.91. The summed E-state index contributed by atoms with van der Waals surface area (Å²) in [5.41, 5.74) is 0.724. The van der Waals surface area contributed by atoms with Crippen LogP contribution in [0.5, 0.6) is 0 Å². The number of carboxylic acids is 1. The first-order valence-electron chi connectivity index (χ1n) is 3.15. The van der Waals surface area contributed by atoms with Gasteiger partial charge in [-0.15, -0.1) is 11.3 Å². The molecule has 1 rings (SSSR count). The van der Waals surface area contributed by atoms with Crippen LogP contribution in [0.1, 0.15) is 15.2 Å². The molecule has 0 amide bonds. The molecular weight excluding hydrogens is 200 g/mol. The van der Waals surface area contributed by atoms with E-state index in [-0.39, 0.29) is 4.88 Å². The van der Waals surface area contributed by atoms with Gasteiger partial charge in [-0.1, -0.05) is 11.6 Å². The topological polar surface area (TPSA) is 46.5 Å². The van der Waals surface area contributed by atoms with Crippen molar-refractivity contribution < 1.29 is 14.6 Å². The van der Waals surface area contributed by atoms with E-state index in [1.165, 1.54) is 13.2 Å². The fourth-order valence-electron chi connectivity index (χ4n) is 0.766. The van der Waals surface area contributed by atoms with Crippen LogP contribution in [-0.2, 0) is 11.3 Å². The molecule has 1 aromatic heterocycles. The summed E-state index contributed by atoms with van der Waals surface area (Å²) in [6.07, 6.45) is 0. The van der Waals surface area contributed by atoms with Gasteiger partial charge in [0.2, 0.25) is 0 Å². The van der Waals surface area contributed by atoms with Crippen molar-refractivity contribution in [2.75, 3.05) is 7.11 Å². The zero-order chi connectivity index (χ0) is 9.14. The van der Waals surface area contributed by atoms with E-state index in [1.54, 1.807) is 0 Å².